The van der Waals surface area contributed by atoms with Crippen molar-refractivity contribution in [1.82, 2.24) is 19.7 Å². The Bertz CT molecular complexity index is 742. The van der Waals surface area contributed by atoms with E-state index in [1.807, 2.05) is 30.9 Å². The number of thiazole rings is 1. The Kier molecular flexibility index (Phi) is 2.92. The van der Waals surface area contributed by atoms with Crippen molar-refractivity contribution in [1.29, 1.82) is 0 Å². The number of pyridine rings is 1. The van der Waals surface area contributed by atoms with Crippen LogP contribution in [0.15, 0.2) is 24.4 Å². The highest BCUT2D eigenvalue weighted by Crippen LogP contribution is 2.39. The van der Waals surface area contributed by atoms with Gasteiger partial charge in [0.05, 0.1) is 22.1 Å². The summed E-state index contributed by atoms with van der Waals surface area (Å²) in [5.74, 6) is 0. The van der Waals surface area contributed by atoms with Crippen LogP contribution in [0.4, 0.5) is 5.13 Å². The molecule has 0 spiro atoms. The molecule has 3 aromatic rings. The smallest absolute Gasteiger partial charge is 0.188 e. The van der Waals surface area contributed by atoms with E-state index in [4.69, 9.17) is 4.98 Å². The Hall–Kier alpha value is -1.95. The second-order valence-electron chi connectivity index (χ2n) is 5.46. The van der Waals surface area contributed by atoms with Crippen LogP contribution in [-0.4, -0.2) is 26.3 Å². The first-order chi connectivity index (χ1) is 10.2. The summed E-state index contributed by atoms with van der Waals surface area (Å²) in [4.78, 5) is 11.7. The van der Waals surface area contributed by atoms with Gasteiger partial charge in [0.2, 0.25) is 0 Å². The molecule has 5 nitrogen and oxygen atoms in total. The van der Waals surface area contributed by atoms with Crippen molar-refractivity contribution in [3.63, 3.8) is 0 Å². The summed E-state index contributed by atoms with van der Waals surface area (Å²) in [6.07, 6.45) is 4.21. The maximum atomic E-state index is 4.81. The molecule has 0 N–H and O–H groups in total. The zero-order valence-corrected chi connectivity index (χ0v) is 13.0. The van der Waals surface area contributed by atoms with E-state index >= 15 is 0 Å². The molecular formula is C15H17N5S. The second kappa shape index (κ2) is 4.80. The van der Waals surface area contributed by atoms with Gasteiger partial charge in [0.1, 0.15) is 0 Å². The summed E-state index contributed by atoms with van der Waals surface area (Å²) >= 11 is 1.74. The molecule has 6 heteroatoms. The standard InChI is InChI=1S/C15H17N5S/c1-10-13-14(19(2)18-10)17-15(21-13)20-9-5-7-12(20)11-6-3-4-8-16-11/h3-4,6,8,12H,5,7,9H2,1-2H3. The third-order valence-corrected chi connectivity index (χ3v) is 5.25. The first-order valence-electron chi connectivity index (χ1n) is 7.22. The number of aryl methyl sites for hydroxylation is 2. The normalized spacial score (nSPS) is 18.8. The Morgan fingerprint density at radius 2 is 2.24 bits per heavy atom. The van der Waals surface area contributed by atoms with Crippen LogP contribution in [0.25, 0.3) is 10.3 Å². The number of rotatable bonds is 2. The molecule has 0 amide bonds. The zero-order chi connectivity index (χ0) is 14.4. The van der Waals surface area contributed by atoms with Crippen molar-refractivity contribution >= 4 is 26.8 Å². The van der Waals surface area contributed by atoms with Gasteiger partial charge in [0.25, 0.3) is 0 Å². The molecule has 4 rings (SSSR count). The molecule has 108 valence electrons. The summed E-state index contributed by atoms with van der Waals surface area (Å²) in [5.41, 5.74) is 3.19. The fraction of sp³-hybridized carbons (Fsp3) is 0.400. The average molecular weight is 299 g/mol. The van der Waals surface area contributed by atoms with Crippen LogP contribution in [0, 0.1) is 6.92 Å². The van der Waals surface area contributed by atoms with Crippen LogP contribution in [0.3, 0.4) is 0 Å². The van der Waals surface area contributed by atoms with Crippen LogP contribution in [-0.2, 0) is 7.05 Å². The summed E-state index contributed by atoms with van der Waals surface area (Å²) in [6.45, 7) is 3.10. The lowest BCUT2D eigenvalue weighted by atomic mass is 10.1. The van der Waals surface area contributed by atoms with E-state index in [0.717, 1.165) is 35.1 Å². The van der Waals surface area contributed by atoms with Crippen molar-refractivity contribution in [3.8, 4) is 0 Å². The molecule has 1 aliphatic heterocycles. The highest BCUT2D eigenvalue weighted by molar-refractivity contribution is 7.22. The van der Waals surface area contributed by atoms with Crippen molar-refractivity contribution in [2.45, 2.75) is 25.8 Å². The molecule has 0 bridgehead atoms. The summed E-state index contributed by atoms with van der Waals surface area (Å²) in [7, 11) is 1.96. The van der Waals surface area contributed by atoms with Gasteiger partial charge in [-0.05, 0) is 31.9 Å². The summed E-state index contributed by atoms with van der Waals surface area (Å²) in [5, 5.41) is 5.52. The second-order valence-corrected chi connectivity index (χ2v) is 6.44. The lowest BCUT2D eigenvalue weighted by Crippen LogP contribution is -2.23. The van der Waals surface area contributed by atoms with E-state index in [1.54, 1.807) is 11.3 Å². The highest BCUT2D eigenvalue weighted by atomic mass is 32.1. The molecule has 1 unspecified atom stereocenters. The fourth-order valence-electron chi connectivity index (χ4n) is 3.07. The van der Waals surface area contributed by atoms with Crippen molar-refractivity contribution in [2.75, 3.05) is 11.4 Å². The van der Waals surface area contributed by atoms with E-state index in [0.29, 0.717) is 6.04 Å². The third kappa shape index (κ3) is 2.01. The predicted molar refractivity (Wildman–Crippen MR) is 84.7 cm³/mol. The van der Waals surface area contributed by atoms with Crippen molar-refractivity contribution in [3.05, 3.63) is 35.8 Å². The third-order valence-electron chi connectivity index (χ3n) is 4.06. The number of fused-ring (bicyclic) bond motifs is 1. The molecule has 3 aromatic heterocycles. The van der Waals surface area contributed by atoms with Crippen LogP contribution in [0.5, 0.6) is 0 Å². The molecule has 1 saturated heterocycles. The monoisotopic (exact) mass is 299 g/mol. The minimum absolute atomic E-state index is 0.347. The molecule has 0 radical (unpaired) electrons. The van der Waals surface area contributed by atoms with E-state index in [-0.39, 0.29) is 0 Å². The lowest BCUT2D eigenvalue weighted by molar-refractivity contribution is 0.692. The number of hydrogen-bond donors (Lipinski definition) is 0. The van der Waals surface area contributed by atoms with Crippen molar-refractivity contribution in [2.24, 2.45) is 7.05 Å². The van der Waals surface area contributed by atoms with Gasteiger partial charge in [-0.1, -0.05) is 17.4 Å². The minimum atomic E-state index is 0.347. The molecule has 0 aliphatic carbocycles. The van der Waals surface area contributed by atoms with Crippen LogP contribution >= 0.6 is 11.3 Å². The minimum Gasteiger partial charge on any atom is -0.339 e. The Labute approximate surface area is 127 Å². The highest BCUT2D eigenvalue weighted by Gasteiger charge is 2.30. The lowest BCUT2D eigenvalue weighted by Gasteiger charge is -2.23. The van der Waals surface area contributed by atoms with Gasteiger partial charge in [0.15, 0.2) is 10.8 Å². The van der Waals surface area contributed by atoms with Gasteiger partial charge in [-0.25, -0.2) is 9.67 Å². The van der Waals surface area contributed by atoms with Crippen LogP contribution in [0.2, 0.25) is 0 Å². The maximum Gasteiger partial charge on any atom is 0.188 e. The molecule has 0 aromatic carbocycles. The SMILES string of the molecule is Cc1nn(C)c2nc(N3CCCC3c3ccccn3)sc12. The molecular weight excluding hydrogens is 282 g/mol. The Morgan fingerprint density at radius 3 is 3.00 bits per heavy atom. The van der Waals surface area contributed by atoms with Crippen molar-refractivity contribution < 1.29 is 0 Å². The fourth-order valence-corrected chi connectivity index (χ4v) is 4.18. The number of nitrogens with zero attached hydrogens (tertiary/aromatic N) is 5. The predicted octanol–water partition coefficient (Wildman–Crippen LogP) is 3.07. The topological polar surface area (TPSA) is 46.8 Å². The van der Waals surface area contributed by atoms with E-state index in [2.05, 4.69) is 27.1 Å². The molecule has 1 fully saturated rings. The van der Waals surface area contributed by atoms with Gasteiger partial charge in [0, 0.05) is 19.8 Å². The number of anilines is 1. The molecule has 0 saturated carbocycles. The molecule has 1 atom stereocenters. The number of aromatic nitrogens is 4. The van der Waals surface area contributed by atoms with E-state index in [9.17, 15) is 0 Å². The number of hydrogen-bond acceptors (Lipinski definition) is 5. The quantitative estimate of drug-likeness (QED) is 0.729. The first kappa shape index (κ1) is 12.8. The van der Waals surface area contributed by atoms with E-state index in [1.165, 1.54) is 11.1 Å². The van der Waals surface area contributed by atoms with Crippen LogP contribution < -0.4 is 4.90 Å². The van der Waals surface area contributed by atoms with E-state index < -0.39 is 0 Å². The summed E-state index contributed by atoms with van der Waals surface area (Å²) in [6, 6.07) is 6.49. The molecule has 4 heterocycles. The van der Waals surface area contributed by atoms with Gasteiger partial charge >= 0.3 is 0 Å². The van der Waals surface area contributed by atoms with Gasteiger partial charge in [-0.2, -0.15) is 5.10 Å². The van der Waals surface area contributed by atoms with Crippen LogP contribution in [0.1, 0.15) is 30.3 Å². The largest absolute Gasteiger partial charge is 0.339 e. The first-order valence-corrected chi connectivity index (χ1v) is 8.03. The van der Waals surface area contributed by atoms with Gasteiger partial charge in [-0.3, -0.25) is 4.98 Å². The van der Waals surface area contributed by atoms with Gasteiger partial charge in [-0.15, -0.1) is 0 Å². The Balaban J connectivity index is 1.75. The maximum absolute atomic E-state index is 4.81. The van der Waals surface area contributed by atoms with Gasteiger partial charge < -0.3 is 4.90 Å². The zero-order valence-electron chi connectivity index (χ0n) is 12.2. The Morgan fingerprint density at radius 1 is 1.33 bits per heavy atom. The average Bonchev–Trinajstić information content (AvgIpc) is 3.18. The molecule has 1 aliphatic rings. The summed E-state index contributed by atoms with van der Waals surface area (Å²) < 4.78 is 3.07. The molecule has 21 heavy (non-hydrogen) atoms.